The number of hydrogen-bond acceptors (Lipinski definition) is 5. The quantitative estimate of drug-likeness (QED) is 0.595. The van der Waals surface area contributed by atoms with Crippen molar-refractivity contribution in [2.75, 3.05) is 0 Å². The summed E-state index contributed by atoms with van der Waals surface area (Å²) in [6, 6.07) is 0. The molecular weight excluding hydrogens is 329 g/mol. The van der Waals surface area contributed by atoms with E-state index in [0.717, 1.165) is 0 Å². The van der Waals surface area contributed by atoms with Gasteiger partial charge in [-0.15, -0.1) is 0 Å². The van der Waals surface area contributed by atoms with Crippen molar-refractivity contribution in [3.8, 4) is 0 Å². The molecule has 0 aromatic carbocycles. The zero-order chi connectivity index (χ0) is 15.2. The summed E-state index contributed by atoms with van der Waals surface area (Å²) in [7, 11) is -14.3. The lowest BCUT2D eigenvalue weighted by Crippen LogP contribution is -2.60. The second-order valence-corrected chi connectivity index (χ2v) is 5.61. The zero-order valence-corrected chi connectivity index (χ0v) is 9.08. The molecule has 0 saturated carbocycles. The Bertz CT molecular complexity index is 519. The van der Waals surface area contributed by atoms with Crippen LogP contribution in [0.1, 0.15) is 0 Å². The highest BCUT2D eigenvalue weighted by Crippen LogP contribution is 2.50. The lowest BCUT2D eigenvalue weighted by Gasteiger charge is -2.28. The third-order valence-electron chi connectivity index (χ3n) is 1.45. The van der Waals surface area contributed by atoms with Crippen LogP contribution in [-0.4, -0.2) is 37.8 Å². The first-order valence-corrected chi connectivity index (χ1v) is 6.06. The Balaban J connectivity index is 6.13. The van der Waals surface area contributed by atoms with Crippen LogP contribution in [0.2, 0.25) is 0 Å². The van der Waals surface area contributed by atoms with E-state index in [1.54, 1.807) is 0 Å². The highest BCUT2D eigenvalue weighted by atomic mass is 32.2. The monoisotopic (exact) mass is 330 g/mol. The van der Waals surface area contributed by atoms with E-state index < -0.39 is 36.7 Å². The molecule has 0 spiro atoms. The van der Waals surface area contributed by atoms with Crippen LogP contribution in [0, 0.1) is 0 Å². The summed E-state index contributed by atoms with van der Waals surface area (Å²) < 4.78 is 134. The lowest BCUT2D eigenvalue weighted by molar-refractivity contribution is -0.250. The Morgan fingerprint density at radius 2 is 1.17 bits per heavy atom. The van der Waals surface area contributed by atoms with Crippen LogP contribution in [0.4, 0.5) is 30.9 Å². The van der Waals surface area contributed by atoms with E-state index in [4.69, 9.17) is 4.55 Å². The van der Waals surface area contributed by atoms with Crippen LogP contribution in [0.25, 0.3) is 0 Å². The first-order chi connectivity index (χ1) is 7.56. The Morgan fingerprint density at radius 1 is 0.833 bits per heavy atom. The van der Waals surface area contributed by atoms with Crippen molar-refractivity contribution in [3.63, 3.8) is 0 Å². The van der Waals surface area contributed by atoms with Crippen molar-refractivity contribution >= 4 is 20.2 Å². The molecule has 0 atom stereocenters. The minimum absolute atomic E-state index is 1.43. The summed E-state index contributed by atoms with van der Waals surface area (Å²) in [5.74, 6) is -7.20. The molecule has 0 aliphatic heterocycles. The fourth-order valence-electron chi connectivity index (χ4n) is 0.528. The smallest absolute Gasteiger partial charge is 0.281 e. The highest BCUT2D eigenvalue weighted by Gasteiger charge is 2.83. The van der Waals surface area contributed by atoms with E-state index >= 15 is 0 Å². The molecule has 0 aliphatic rings. The molecule has 0 unspecified atom stereocenters. The SMILES string of the molecule is O=S(=O)(O)C(F)(F)C(F)(F)C(F)(F)S(=O)(=O)OF. The van der Waals surface area contributed by atoms with Crippen molar-refractivity contribution in [2.24, 2.45) is 0 Å². The standard InChI is InChI=1S/C3HF7O6S2/c4-1(5,2(6,7)17(11,12)13)3(8,9)18(14,15)16-10/h(H,11,12,13). The Labute approximate surface area is 94.1 Å². The molecule has 0 aromatic rings. The van der Waals surface area contributed by atoms with Crippen molar-refractivity contribution in [2.45, 2.75) is 16.4 Å². The highest BCUT2D eigenvalue weighted by molar-refractivity contribution is 7.88. The van der Waals surface area contributed by atoms with Crippen molar-refractivity contribution in [1.29, 1.82) is 0 Å². The van der Waals surface area contributed by atoms with Gasteiger partial charge < -0.3 is 0 Å². The topological polar surface area (TPSA) is 97.7 Å². The maximum atomic E-state index is 12.5. The van der Waals surface area contributed by atoms with E-state index in [0.29, 0.717) is 0 Å². The van der Waals surface area contributed by atoms with Gasteiger partial charge in [0.1, 0.15) is 0 Å². The van der Waals surface area contributed by atoms with Gasteiger partial charge in [0.15, 0.2) is 0 Å². The van der Waals surface area contributed by atoms with Crippen molar-refractivity contribution in [3.05, 3.63) is 0 Å². The molecule has 0 radical (unpaired) electrons. The maximum absolute atomic E-state index is 12.5. The Hall–Kier alpha value is -0.670. The third-order valence-corrected chi connectivity index (χ3v) is 3.41. The van der Waals surface area contributed by atoms with Gasteiger partial charge in [0.2, 0.25) is 0 Å². The lowest BCUT2D eigenvalue weighted by atomic mass is 10.3. The predicted octanol–water partition coefficient (Wildman–Crippen LogP) is 0.926. The van der Waals surface area contributed by atoms with Gasteiger partial charge in [-0.1, -0.05) is 4.39 Å². The van der Waals surface area contributed by atoms with Gasteiger partial charge in [0.05, 0.1) is 0 Å². The fraction of sp³-hybridized carbons (Fsp3) is 1.00. The van der Waals surface area contributed by atoms with E-state index in [1.165, 1.54) is 4.39 Å². The molecule has 0 aromatic heterocycles. The Kier molecular flexibility index (Phi) is 4.02. The molecule has 0 bridgehead atoms. The van der Waals surface area contributed by atoms with Crippen molar-refractivity contribution in [1.82, 2.24) is 0 Å². The molecule has 0 rings (SSSR count). The zero-order valence-electron chi connectivity index (χ0n) is 7.45. The minimum Gasteiger partial charge on any atom is -0.281 e. The van der Waals surface area contributed by atoms with E-state index in [1.807, 2.05) is 0 Å². The molecule has 6 nitrogen and oxygen atoms in total. The summed E-state index contributed by atoms with van der Waals surface area (Å²) in [6.45, 7) is 0. The second-order valence-electron chi connectivity index (χ2n) is 2.60. The van der Waals surface area contributed by atoms with Crippen molar-refractivity contribution < 1.29 is 56.6 Å². The van der Waals surface area contributed by atoms with Gasteiger partial charge in [0, 0.05) is 0 Å². The summed E-state index contributed by atoms with van der Waals surface area (Å²) >= 11 is 0. The number of rotatable bonds is 5. The Morgan fingerprint density at radius 3 is 1.39 bits per heavy atom. The second kappa shape index (κ2) is 4.17. The van der Waals surface area contributed by atoms with E-state index in [9.17, 15) is 47.7 Å². The molecule has 110 valence electrons. The van der Waals surface area contributed by atoms with Crippen LogP contribution >= 0.6 is 0 Å². The van der Waals surface area contributed by atoms with E-state index in [2.05, 4.69) is 0 Å². The number of alkyl halides is 6. The van der Waals surface area contributed by atoms with Gasteiger partial charge >= 0.3 is 36.7 Å². The molecule has 18 heavy (non-hydrogen) atoms. The molecule has 15 heteroatoms. The molecule has 0 aliphatic carbocycles. The number of hydrogen-bond donors (Lipinski definition) is 1. The van der Waals surface area contributed by atoms with Gasteiger partial charge in [0.25, 0.3) is 0 Å². The minimum atomic E-state index is -7.20. The van der Waals surface area contributed by atoms with Crippen LogP contribution in [0.3, 0.4) is 0 Å². The third kappa shape index (κ3) is 2.14. The van der Waals surface area contributed by atoms with Gasteiger partial charge in [-0.3, -0.25) is 4.55 Å². The first-order valence-electron chi connectivity index (χ1n) is 3.21. The molecule has 0 fully saturated rings. The molecule has 0 amide bonds. The summed E-state index contributed by atoms with van der Waals surface area (Å²) in [6.07, 6.45) is 0. The first kappa shape index (κ1) is 17.3. The number of halogens is 7. The summed E-state index contributed by atoms with van der Waals surface area (Å²) in [4.78, 5) is 0. The average molecular weight is 330 g/mol. The fourth-order valence-corrected chi connectivity index (χ4v) is 1.57. The normalized spacial score (nSPS) is 15.8. The van der Waals surface area contributed by atoms with Gasteiger partial charge in [-0.25, -0.2) is 0 Å². The average Bonchev–Trinajstić information content (AvgIpc) is 2.15. The molecule has 0 heterocycles. The predicted molar refractivity (Wildman–Crippen MR) is 37.5 cm³/mol. The van der Waals surface area contributed by atoms with Crippen LogP contribution in [-0.2, 0) is 24.6 Å². The van der Waals surface area contributed by atoms with Crippen LogP contribution in [0.15, 0.2) is 0 Å². The maximum Gasteiger partial charge on any atom is 0.442 e. The molecule has 0 saturated heterocycles. The summed E-state index contributed by atoms with van der Waals surface area (Å²) in [5.41, 5.74) is 0. The van der Waals surface area contributed by atoms with E-state index in [-0.39, 0.29) is 0 Å². The van der Waals surface area contributed by atoms with Crippen LogP contribution in [0.5, 0.6) is 0 Å². The van der Waals surface area contributed by atoms with Crippen LogP contribution < -0.4 is 0 Å². The molecular formula is C3HF7O6S2. The largest absolute Gasteiger partial charge is 0.442 e. The molecule has 1 N–H and O–H groups in total. The van der Waals surface area contributed by atoms with Gasteiger partial charge in [-0.05, 0) is 4.53 Å². The van der Waals surface area contributed by atoms with Gasteiger partial charge in [-0.2, -0.15) is 43.2 Å². The summed E-state index contributed by atoms with van der Waals surface area (Å²) in [5, 5.41) is -13.9.